The Kier molecular flexibility index (Phi) is 4.48. The highest BCUT2D eigenvalue weighted by molar-refractivity contribution is 5.94. The van der Waals surface area contributed by atoms with Gasteiger partial charge in [-0.2, -0.15) is 13.2 Å². The molecule has 0 amide bonds. The Morgan fingerprint density at radius 2 is 1.93 bits per heavy atom. The summed E-state index contributed by atoms with van der Waals surface area (Å²) in [5, 5.41) is 5.83. The number of nitrogens with zero attached hydrogens (tertiary/aromatic N) is 2. The SMILES string of the molecule is Nc1cc(-c2cc3cc(CN4CCOCC4)ccc3[nH]2)c2c(n1)N[C@@H](C(F)(F)F)N2. The first-order valence-electron chi connectivity index (χ1n) is 9.69. The third-order valence-electron chi connectivity index (χ3n) is 5.42. The van der Waals surface area contributed by atoms with E-state index in [1.807, 2.05) is 12.1 Å². The van der Waals surface area contributed by atoms with Crippen molar-refractivity contribution in [2.24, 2.45) is 0 Å². The van der Waals surface area contributed by atoms with Gasteiger partial charge in [-0.05, 0) is 29.8 Å². The Bertz CT molecular complexity index is 1090. The van der Waals surface area contributed by atoms with Gasteiger partial charge < -0.3 is 26.1 Å². The fourth-order valence-electron chi connectivity index (χ4n) is 3.95. The molecule has 3 aromatic rings. The maximum atomic E-state index is 13.2. The summed E-state index contributed by atoms with van der Waals surface area (Å²) in [6, 6.07) is 9.65. The number of pyridine rings is 1. The molecule has 0 saturated carbocycles. The van der Waals surface area contributed by atoms with Crippen LogP contribution in [0.4, 0.5) is 30.5 Å². The minimum absolute atomic E-state index is 0.0963. The highest BCUT2D eigenvalue weighted by Gasteiger charge is 2.44. The molecule has 158 valence electrons. The van der Waals surface area contributed by atoms with Crippen LogP contribution in [0.5, 0.6) is 0 Å². The van der Waals surface area contributed by atoms with Crippen LogP contribution in [0.2, 0.25) is 0 Å². The second-order valence-electron chi connectivity index (χ2n) is 7.57. The van der Waals surface area contributed by atoms with Crippen LogP contribution in [0.15, 0.2) is 30.3 Å². The summed E-state index contributed by atoms with van der Waals surface area (Å²) in [4.78, 5) is 9.63. The molecular formula is C20H21F3N6O. The lowest BCUT2D eigenvalue weighted by atomic mass is 10.1. The number of hydrogen-bond donors (Lipinski definition) is 4. The van der Waals surface area contributed by atoms with Gasteiger partial charge in [-0.25, -0.2) is 4.98 Å². The van der Waals surface area contributed by atoms with Crippen molar-refractivity contribution >= 4 is 28.2 Å². The average molecular weight is 418 g/mol. The molecule has 0 unspecified atom stereocenters. The van der Waals surface area contributed by atoms with Crippen LogP contribution in [-0.2, 0) is 11.3 Å². The first-order chi connectivity index (χ1) is 14.4. The van der Waals surface area contributed by atoms with Gasteiger partial charge in [0.25, 0.3) is 0 Å². The molecule has 1 fully saturated rings. The number of halogens is 3. The van der Waals surface area contributed by atoms with E-state index in [1.54, 1.807) is 6.07 Å². The highest BCUT2D eigenvalue weighted by atomic mass is 19.4. The van der Waals surface area contributed by atoms with Gasteiger partial charge in [-0.3, -0.25) is 4.90 Å². The van der Waals surface area contributed by atoms with Crippen LogP contribution in [0.25, 0.3) is 22.2 Å². The fourth-order valence-corrected chi connectivity index (χ4v) is 3.95. The van der Waals surface area contributed by atoms with Gasteiger partial charge in [0.1, 0.15) is 5.82 Å². The monoisotopic (exact) mass is 418 g/mol. The van der Waals surface area contributed by atoms with E-state index in [0.717, 1.165) is 43.8 Å². The summed E-state index contributed by atoms with van der Waals surface area (Å²) in [5.74, 6) is 0.242. The lowest BCUT2D eigenvalue weighted by Gasteiger charge is -2.26. The first-order valence-corrected chi connectivity index (χ1v) is 9.69. The summed E-state index contributed by atoms with van der Waals surface area (Å²) >= 11 is 0. The summed E-state index contributed by atoms with van der Waals surface area (Å²) in [6.45, 7) is 4.11. The number of morpholine rings is 1. The molecule has 4 heterocycles. The van der Waals surface area contributed by atoms with Crippen molar-refractivity contribution in [3.8, 4) is 11.3 Å². The van der Waals surface area contributed by atoms with Gasteiger partial charge in [0.15, 0.2) is 12.0 Å². The number of hydrogen-bond acceptors (Lipinski definition) is 6. The van der Waals surface area contributed by atoms with Gasteiger partial charge >= 0.3 is 6.18 Å². The van der Waals surface area contributed by atoms with Crippen molar-refractivity contribution in [1.82, 2.24) is 14.9 Å². The molecule has 30 heavy (non-hydrogen) atoms. The largest absolute Gasteiger partial charge is 0.427 e. The zero-order chi connectivity index (χ0) is 20.9. The molecule has 0 bridgehead atoms. The Balaban J connectivity index is 1.47. The van der Waals surface area contributed by atoms with Crippen LogP contribution in [0.3, 0.4) is 0 Å². The van der Waals surface area contributed by atoms with E-state index < -0.39 is 12.3 Å². The van der Waals surface area contributed by atoms with Crippen LogP contribution in [0.1, 0.15) is 5.56 Å². The smallest absolute Gasteiger partial charge is 0.384 e. The number of aromatic amines is 1. The molecule has 0 aliphatic carbocycles. The Labute approximate surface area is 170 Å². The lowest BCUT2D eigenvalue weighted by molar-refractivity contribution is -0.135. The number of ether oxygens (including phenoxy) is 1. The summed E-state index contributed by atoms with van der Waals surface area (Å²) in [6.07, 6.45) is -6.35. The molecule has 0 radical (unpaired) electrons. The molecule has 1 atom stereocenters. The molecule has 5 rings (SSSR count). The molecule has 7 nitrogen and oxygen atoms in total. The Morgan fingerprint density at radius 1 is 1.13 bits per heavy atom. The second-order valence-corrected chi connectivity index (χ2v) is 7.57. The number of benzene rings is 1. The number of nitrogens with two attached hydrogens (primary N) is 1. The van der Waals surface area contributed by atoms with E-state index in [2.05, 4.69) is 37.6 Å². The van der Waals surface area contributed by atoms with E-state index in [4.69, 9.17) is 10.5 Å². The standard InChI is InChI=1S/C20H21F3N6O/c21-20(22,23)19-27-17-13(9-16(24)26-18(17)28-19)15-8-12-7-11(1-2-14(12)25-15)10-29-3-5-30-6-4-29/h1-2,7-9,19,25,27H,3-6,10H2,(H3,24,26,28)/t19-/m0/s1. The van der Waals surface area contributed by atoms with E-state index in [-0.39, 0.29) is 17.3 Å². The lowest BCUT2D eigenvalue weighted by Crippen LogP contribution is -2.38. The maximum Gasteiger partial charge on any atom is 0.427 e. The van der Waals surface area contributed by atoms with Crippen LogP contribution < -0.4 is 16.4 Å². The minimum atomic E-state index is -4.46. The van der Waals surface area contributed by atoms with Gasteiger partial charge in [0, 0.05) is 41.8 Å². The normalized spacial score (nSPS) is 19.5. The van der Waals surface area contributed by atoms with Gasteiger partial charge in [0.05, 0.1) is 18.9 Å². The zero-order valence-corrected chi connectivity index (χ0v) is 16.0. The van der Waals surface area contributed by atoms with Crippen LogP contribution >= 0.6 is 0 Å². The van der Waals surface area contributed by atoms with Crippen LogP contribution in [0, 0.1) is 0 Å². The Hall–Kier alpha value is -2.98. The predicted octanol–water partition coefficient (Wildman–Crippen LogP) is 3.37. The van der Waals surface area contributed by atoms with Gasteiger partial charge in [-0.15, -0.1) is 0 Å². The molecule has 10 heteroatoms. The number of alkyl halides is 3. The van der Waals surface area contributed by atoms with Crippen molar-refractivity contribution in [2.75, 3.05) is 42.7 Å². The minimum Gasteiger partial charge on any atom is -0.384 e. The van der Waals surface area contributed by atoms with E-state index >= 15 is 0 Å². The quantitative estimate of drug-likeness (QED) is 0.521. The maximum absolute atomic E-state index is 13.2. The summed E-state index contributed by atoms with van der Waals surface area (Å²) in [5.41, 5.74) is 9.43. The molecular weight excluding hydrogens is 397 g/mol. The zero-order valence-electron chi connectivity index (χ0n) is 16.0. The number of fused-ring (bicyclic) bond motifs is 2. The van der Waals surface area contributed by atoms with Gasteiger partial charge in [0.2, 0.25) is 0 Å². The summed E-state index contributed by atoms with van der Waals surface area (Å²) in [7, 11) is 0. The number of H-pyrrole nitrogens is 1. The fraction of sp³-hybridized carbons (Fsp3) is 0.350. The van der Waals surface area contributed by atoms with Crippen molar-refractivity contribution in [3.05, 3.63) is 35.9 Å². The first kappa shape index (κ1) is 19.0. The summed E-state index contributed by atoms with van der Waals surface area (Å²) < 4.78 is 44.9. The molecule has 5 N–H and O–H groups in total. The third-order valence-corrected chi connectivity index (χ3v) is 5.42. The highest BCUT2D eigenvalue weighted by Crippen LogP contribution is 2.42. The predicted molar refractivity (Wildman–Crippen MR) is 109 cm³/mol. The van der Waals surface area contributed by atoms with Crippen molar-refractivity contribution in [1.29, 1.82) is 0 Å². The molecule has 2 aliphatic rings. The number of nitrogens with one attached hydrogen (secondary N) is 3. The van der Waals surface area contributed by atoms with Crippen molar-refractivity contribution in [3.63, 3.8) is 0 Å². The Morgan fingerprint density at radius 3 is 2.70 bits per heavy atom. The molecule has 2 aromatic heterocycles. The number of anilines is 3. The van der Waals surface area contributed by atoms with E-state index in [1.165, 1.54) is 5.56 Å². The van der Waals surface area contributed by atoms with E-state index in [0.29, 0.717) is 11.3 Å². The molecule has 0 spiro atoms. The van der Waals surface area contributed by atoms with Gasteiger partial charge in [-0.1, -0.05) is 6.07 Å². The topological polar surface area (TPSA) is 91.2 Å². The number of aromatic nitrogens is 2. The van der Waals surface area contributed by atoms with Crippen LogP contribution in [-0.4, -0.2) is 53.5 Å². The number of rotatable bonds is 3. The van der Waals surface area contributed by atoms with E-state index in [9.17, 15) is 13.2 Å². The molecule has 2 aliphatic heterocycles. The van der Waals surface area contributed by atoms with Crippen molar-refractivity contribution in [2.45, 2.75) is 18.9 Å². The third kappa shape index (κ3) is 3.52. The second kappa shape index (κ2) is 7.06. The van der Waals surface area contributed by atoms with Crippen molar-refractivity contribution < 1.29 is 17.9 Å². The number of nitrogen functional groups attached to an aromatic ring is 1. The molecule has 1 aromatic carbocycles. The molecule has 1 saturated heterocycles. The average Bonchev–Trinajstić information content (AvgIpc) is 3.31.